The number of hydrogen-bond donors (Lipinski definition) is 1. The first-order valence-corrected chi connectivity index (χ1v) is 9.70. The van der Waals surface area contributed by atoms with Gasteiger partial charge in [-0.25, -0.2) is 4.79 Å². The Labute approximate surface area is 167 Å². The SMILES string of the molecule is CC[NH+]1CCN2c3ccc([N+](=O)[O-])cc3CC3(C(=O)N(C)C(=O)N(C)C3=O)[C@@H]2C1. The second-order valence-electron chi connectivity index (χ2n) is 8.00. The number of quaternary nitrogens is 1. The number of fused-ring (bicyclic) bond motifs is 4. The minimum absolute atomic E-state index is 0.0435. The second-order valence-corrected chi connectivity index (χ2v) is 8.00. The summed E-state index contributed by atoms with van der Waals surface area (Å²) >= 11 is 0. The zero-order chi connectivity index (χ0) is 21.1. The van der Waals surface area contributed by atoms with Crippen LogP contribution in [-0.4, -0.2) is 78.9 Å². The largest absolute Gasteiger partial charge is 0.355 e. The molecule has 3 aliphatic heterocycles. The molecule has 1 aromatic carbocycles. The number of nitro groups is 1. The van der Waals surface area contributed by atoms with Crippen molar-refractivity contribution in [1.29, 1.82) is 0 Å². The molecule has 10 heteroatoms. The molecular weight excluding hydrogens is 378 g/mol. The van der Waals surface area contributed by atoms with Crippen LogP contribution in [0.4, 0.5) is 16.2 Å². The first kappa shape index (κ1) is 19.3. The fraction of sp³-hybridized carbons (Fsp3) is 0.526. The predicted octanol–water partition coefficient (Wildman–Crippen LogP) is -0.719. The average Bonchev–Trinajstić information content (AvgIpc) is 2.74. The number of barbiturate groups is 1. The van der Waals surface area contributed by atoms with Crippen LogP contribution in [-0.2, 0) is 16.0 Å². The van der Waals surface area contributed by atoms with Crippen molar-refractivity contribution in [3.63, 3.8) is 0 Å². The lowest BCUT2D eigenvalue weighted by Crippen LogP contribution is -3.16. The first-order chi connectivity index (χ1) is 13.7. The van der Waals surface area contributed by atoms with E-state index in [1.807, 2.05) is 4.90 Å². The van der Waals surface area contributed by atoms with Gasteiger partial charge < -0.3 is 9.80 Å². The van der Waals surface area contributed by atoms with Gasteiger partial charge in [-0.2, -0.15) is 0 Å². The number of likely N-dealkylation sites (N-methyl/N-ethyl adjacent to an activating group) is 1. The molecule has 3 aliphatic rings. The Morgan fingerprint density at radius 3 is 2.45 bits per heavy atom. The molecule has 4 rings (SSSR count). The molecule has 1 spiro atoms. The van der Waals surface area contributed by atoms with Gasteiger partial charge in [-0.05, 0) is 18.6 Å². The minimum atomic E-state index is -1.47. The fourth-order valence-electron chi connectivity index (χ4n) is 5.02. The van der Waals surface area contributed by atoms with E-state index in [1.54, 1.807) is 6.07 Å². The number of nitrogens with zero attached hydrogens (tertiary/aromatic N) is 4. The van der Waals surface area contributed by atoms with Crippen molar-refractivity contribution in [2.75, 3.05) is 45.2 Å². The van der Waals surface area contributed by atoms with E-state index in [0.29, 0.717) is 18.7 Å². The van der Waals surface area contributed by atoms with E-state index >= 15 is 0 Å². The van der Waals surface area contributed by atoms with Gasteiger partial charge in [0.2, 0.25) is 11.8 Å². The summed E-state index contributed by atoms with van der Waals surface area (Å²) in [6, 6.07) is 3.54. The van der Waals surface area contributed by atoms with Crippen molar-refractivity contribution in [2.24, 2.45) is 5.41 Å². The van der Waals surface area contributed by atoms with Gasteiger partial charge in [0.15, 0.2) is 5.41 Å². The summed E-state index contributed by atoms with van der Waals surface area (Å²) in [6.45, 7) is 4.97. The van der Waals surface area contributed by atoms with E-state index in [1.165, 1.54) is 31.1 Å². The van der Waals surface area contributed by atoms with Crippen LogP contribution in [0.2, 0.25) is 0 Å². The number of imide groups is 2. The van der Waals surface area contributed by atoms with Crippen LogP contribution in [0.3, 0.4) is 0 Å². The van der Waals surface area contributed by atoms with Gasteiger partial charge in [0.1, 0.15) is 6.04 Å². The van der Waals surface area contributed by atoms with Crippen LogP contribution in [0.15, 0.2) is 18.2 Å². The minimum Gasteiger partial charge on any atom is -0.355 e. The summed E-state index contributed by atoms with van der Waals surface area (Å²) < 4.78 is 0. The molecule has 2 fully saturated rings. The molecule has 10 nitrogen and oxygen atoms in total. The normalized spacial score (nSPS) is 25.9. The molecule has 3 heterocycles. The Bertz CT molecular complexity index is 908. The van der Waals surface area contributed by atoms with Crippen molar-refractivity contribution in [2.45, 2.75) is 19.4 Å². The van der Waals surface area contributed by atoms with Crippen molar-refractivity contribution >= 4 is 29.2 Å². The number of piperazine rings is 1. The van der Waals surface area contributed by atoms with Gasteiger partial charge in [-0.1, -0.05) is 0 Å². The zero-order valence-electron chi connectivity index (χ0n) is 16.7. The maximum atomic E-state index is 13.4. The highest BCUT2D eigenvalue weighted by Crippen LogP contribution is 2.46. The summed E-state index contributed by atoms with van der Waals surface area (Å²) in [4.78, 5) is 55.3. The maximum Gasteiger partial charge on any atom is 0.332 e. The van der Waals surface area contributed by atoms with Gasteiger partial charge >= 0.3 is 6.03 Å². The average molecular weight is 402 g/mol. The lowest BCUT2D eigenvalue weighted by molar-refractivity contribution is -0.902. The number of benzene rings is 1. The number of non-ortho nitro benzene ring substituents is 1. The molecule has 0 aromatic heterocycles. The highest BCUT2D eigenvalue weighted by molar-refractivity contribution is 6.20. The molecule has 1 aromatic rings. The van der Waals surface area contributed by atoms with Crippen molar-refractivity contribution in [3.05, 3.63) is 33.9 Å². The topological polar surface area (TPSA) is 109 Å². The van der Waals surface area contributed by atoms with Crippen LogP contribution in [0.5, 0.6) is 0 Å². The molecule has 4 amide bonds. The standard InChI is InChI=1S/C19H23N5O5/c1-4-22-7-8-23-14-6-5-13(24(28)29)9-12(14)10-19(15(23)11-22)16(25)20(2)18(27)21(3)17(19)26/h5-6,9,15H,4,7-8,10-11H2,1-3H3/p+1/t15-/m0/s1. The van der Waals surface area contributed by atoms with Crippen LogP contribution in [0, 0.1) is 15.5 Å². The van der Waals surface area contributed by atoms with Crippen molar-refractivity contribution < 1.29 is 24.2 Å². The molecule has 1 N–H and O–H groups in total. The Balaban J connectivity index is 1.91. The first-order valence-electron chi connectivity index (χ1n) is 9.70. The summed E-state index contributed by atoms with van der Waals surface area (Å²) in [6.07, 6.45) is 0.0435. The van der Waals surface area contributed by atoms with Gasteiger partial charge in [0, 0.05) is 38.3 Å². The number of carbonyl (C=O) groups excluding carboxylic acids is 3. The van der Waals surface area contributed by atoms with Crippen molar-refractivity contribution in [3.8, 4) is 0 Å². The third-order valence-electron chi connectivity index (χ3n) is 6.63. The fourth-order valence-corrected chi connectivity index (χ4v) is 5.02. The Morgan fingerprint density at radius 2 is 1.86 bits per heavy atom. The summed E-state index contributed by atoms with van der Waals surface area (Å²) in [5, 5.41) is 11.3. The lowest BCUT2D eigenvalue weighted by atomic mass is 9.67. The number of anilines is 1. The van der Waals surface area contributed by atoms with E-state index in [9.17, 15) is 24.5 Å². The smallest absolute Gasteiger partial charge is 0.332 e. The Morgan fingerprint density at radius 1 is 1.21 bits per heavy atom. The maximum absolute atomic E-state index is 13.4. The molecule has 0 bridgehead atoms. The second kappa shape index (κ2) is 6.51. The highest BCUT2D eigenvalue weighted by atomic mass is 16.6. The molecule has 0 saturated carbocycles. The molecule has 2 atom stereocenters. The molecule has 1 unspecified atom stereocenters. The van der Waals surface area contributed by atoms with E-state index in [2.05, 4.69) is 6.92 Å². The van der Waals surface area contributed by atoms with Crippen LogP contribution in [0.1, 0.15) is 12.5 Å². The van der Waals surface area contributed by atoms with Crippen LogP contribution >= 0.6 is 0 Å². The lowest BCUT2D eigenvalue weighted by Gasteiger charge is -2.54. The molecule has 0 aliphatic carbocycles. The highest BCUT2D eigenvalue weighted by Gasteiger charge is 2.64. The third kappa shape index (κ3) is 2.55. The third-order valence-corrected chi connectivity index (χ3v) is 6.63. The van der Waals surface area contributed by atoms with E-state index in [-0.39, 0.29) is 12.1 Å². The van der Waals surface area contributed by atoms with Crippen LogP contribution in [0.25, 0.3) is 0 Å². The Kier molecular flexibility index (Phi) is 4.34. The monoisotopic (exact) mass is 402 g/mol. The van der Waals surface area contributed by atoms with Gasteiger partial charge in [-0.3, -0.25) is 29.5 Å². The molecular formula is C19H24N5O5+. The number of urea groups is 1. The number of rotatable bonds is 2. The number of hydrogen-bond acceptors (Lipinski definition) is 6. The number of nitro benzene ring substituents is 1. The molecule has 154 valence electrons. The summed E-state index contributed by atoms with van der Waals surface area (Å²) in [5.74, 6) is -1.06. The zero-order valence-corrected chi connectivity index (χ0v) is 16.7. The van der Waals surface area contributed by atoms with E-state index < -0.39 is 34.2 Å². The van der Waals surface area contributed by atoms with Gasteiger partial charge in [0.05, 0.1) is 31.1 Å². The van der Waals surface area contributed by atoms with E-state index in [0.717, 1.165) is 28.6 Å². The number of amides is 4. The quantitative estimate of drug-likeness (QED) is 0.397. The summed E-state index contributed by atoms with van der Waals surface area (Å²) in [5.41, 5.74) is -0.137. The van der Waals surface area contributed by atoms with Crippen LogP contribution < -0.4 is 9.80 Å². The molecule has 0 radical (unpaired) electrons. The van der Waals surface area contributed by atoms with Gasteiger partial charge in [-0.15, -0.1) is 0 Å². The Hall–Kier alpha value is -3.01. The molecule has 29 heavy (non-hydrogen) atoms. The number of nitrogens with one attached hydrogen (secondary N) is 1. The van der Waals surface area contributed by atoms with Crippen molar-refractivity contribution in [1.82, 2.24) is 9.80 Å². The van der Waals surface area contributed by atoms with E-state index in [4.69, 9.17) is 0 Å². The number of carbonyl (C=O) groups is 3. The van der Waals surface area contributed by atoms with Gasteiger partial charge in [0.25, 0.3) is 5.69 Å². The molecule has 2 saturated heterocycles. The predicted molar refractivity (Wildman–Crippen MR) is 103 cm³/mol. The summed E-state index contributed by atoms with van der Waals surface area (Å²) in [7, 11) is 2.77.